The molecule has 0 fully saturated rings. The fraction of sp³-hybridized carbons (Fsp3) is 0. The fourth-order valence-corrected chi connectivity index (χ4v) is 1.58. The summed E-state index contributed by atoms with van der Waals surface area (Å²) < 4.78 is 0. The highest BCUT2D eigenvalue weighted by Crippen LogP contribution is 2.21. The largest absolute Gasteiger partial charge is 0.324 e. The number of para-hydroxylation sites is 1. The molecule has 0 atom stereocenters. The molecule has 0 unspecified atom stereocenters. The SMILES string of the molecule is NNc1ccnc(C(=O)Nc2ccccc2Cl)c1. The first-order valence-electron chi connectivity index (χ1n) is 5.19. The summed E-state index contributed by atoms with van der Waals surface area (Å²) >= 11 is 5.95. The van der Waals surface area contributed by atoms with Crippen molar-refractivity contribution in [3.8, 4) is 0 Å². The Kier molecular flexibility index (Phi) is 3.76. The van der Waals surface area contributed by atoms with Crippen LogP contribution < -0.4 is 16.6 Å². The monoisotopic (exact) mass is 262 g/mol. The van der Waals surface area contributed by atoms with Crippen LogP contribution in [-0.2, 0) is 0 Å². The molecule has 1 aromatic carbocycles. The molecular weight excluding hydrogens is 252 g/mol. The zero-order chi connectivity index (χ0) is 13.0. The number of halogens is 1. The summed E-state index contributed by atoms with van der Waals surface area (Å²) in [6.07, 6.45) is 1.50. The van der Waals surface area contributed by atoms with Crippen molar-refractivity contribution in [3.63, 3.8) is 0 Å². The lowest BCUT2D eigenvalue weighted by atomic mass is 10.2. The molecule has 2 aromatic rings. The third kappa shape index (κ3) is 2.77. The van der Waals surface area contributed by atoms with Crippen molar-refractivity contribution in [2.75, 3.05) is 10.7 Å². The van der Waals surface area contributed by atoms with E-state index in [1.807, 2.05) is 0 Å². The molecule has 0 aliphatic heterocycles. The molecule has 0 aliphatic rings. The van der Waals surface area contributed by atoms with E-state index in [0.717, 1.165) is 0 Å². The third-order valence-corrected chi connectivity index (χ3v) is 2.61. The van der Waals surface area contributed by atoms with Crippen molar-refractivity contribution >= 4 is 28.9 Å². The Bertz CT molecular complexity index is 574. The van der Waals surface area contributed by atoms with Gasteiger partial charge in [0.2, 0.25) is 0 Å². The van der Waals surface area contributed by atoms with Crippen molar-refractivity contribution in [2.45, 2.75) is 0 Å². The number of amides is 1. The lowest BCUT2D eigenvalue weighted by Crippen LogP contribution is -2.15. The van der Waals surface area contributed by atoms with Gasteiger partial charge in [-0.2, -0.15) is 0 Å². The second-order valence-corrected chi connectivity index (χ2v) is 3.92. The minimum Gasteiger partial charge on any atom is -0.324 e. The molecular formula is C12H11ClN4O. The standard InChI is InChI=1S/C12H11ClN4O/c13-9-3-1-2-4-10(9)16-12(18)11-7-8(17-14)5-6-15-11/h1-7H,14H2,(H,15,17)(H,16,18). The van der Waals surface area contributed by atoms with Gasteiger partial charge in [0.25, 0.3) is 5.91 Å². The lowest BCUT2D eigenvalue weighted by Gasteiger charge is -2.07. The molecule has 0 radical (unpaired) electrons. The molecule has 1 heterocycles. The van der Waals surface area contributed by atoms with Crippen LogP contribution in [0.5, 0.6) is 0 Å². The zero-order valence-electron chi connectivity index (χ0n) is 9.35. The molecule has 6 heteroatoms. The number of rotatable bonds is 3. The van der Waals surface area contributed by atoms with Crippen LogP contribution in [-0.4, -0.2) is 10.9 Å². The molecule has 0 bridgehead atoms. The third-order valence-electron chi connectivity index (χ3n) is 2.28. The first kappa shape index (κ1) is 12.3. The smallest absolute Gasteiger partial charge is 0.274 e. The van der Waals surface area contributed by atoms with E-state index in [9.17, 15) is 4.79 Å². The van der Waals surface area contributed by atoms with Crippen LogP contribution in [0.15, 0.2) is 42.6 Å². The number of carbonyl (C=O) groups excluding carboxylic acids is 1. The quantitative estimate of drug-likeness (QED) is 0.586. The Morgan fingerprint density at radius 1 is 1.28 bits per heavy atom. The summed E-state index contributed by atoms with van der Waals surface area (Å²) in [5.41, 5.74) is 3.85. The first-order valence-corrected chi connectivity index (χ1v) is 5.57. The molecule has 0 aliphatic carbocycles. The van der Waals surface area contributed by atoms with Gasteiger partial charge in [0.05, 0.1) is 16.4 Å². The Hall–Kier alpha value is -2.11. The van der Waals surface area contributed by atoms with Gasteiger partial charge >= 0.3 is 0 Å². The van der Waals surface area contributed by atoms with Crippen LogP contribution in [0.1, 0.15) is 10.5 Å². The molecule has 1 aromatic heterocycles. The number of aromatic nitrogens is 1. The van der Waals surface area contributed by atoms with Crippen LogP contribution >= 0.6 is 11.6 Å². The molecule has 2 rings (SSSR count). The summed E-state index contributed by atoms with van der Waals surface area (Å²) in [6, 6.07) is 10.2. The van der Waals surface area contributed by atoms with Gasteiger partial charge in [-0.15, -0.1) is 0 Å². The molecule has 0 saturated heterocycles. The van der Waals surface area contributed by atoms with E-state index in [0.29, 0.717) is 16.4 Å². The van der Waals surface area contributed by atoms with Gasteiger partial charge in [0.15, 0.2) is 0 Å². The van der Waals surface area contributed by atoms with Crippen molar-refractivity contribution in [2.24, 2.45) is 5.84 Å². The predicted molar refractivity (Wildman–Crippen MR) is 71.5 cm³/mol. The van der Waals surface area contributed by atoms with E-state index >= 15 is 0 Å². The molecule has 4 N–H and O–H groups in total. The number of benzene rings is 1. The van der Waals surface area contributed by atoms with E-state index in [2.05, 4.69) is 15.7 Å². The average Bonchev–Trinajstić information content (AvgIpc) is 2.41. The fourth-order valence-electron chi connectivity index (χ4n) is 1.39. The summed E-state index contributed by atoms with van der Waals surface area (Å²) in [6.45, 7) is 0. The summed E-state index contributed by atoms with van der Waals surface area (Å²) in [5, 5.41) is 3.15. The highest BCUT2D eigenvalue weighted by molar-refractivity contribution is 6.33. The highest BCUT2D eigenvalue weighted by atomic mass is 35.5. The van der Waals surface area contributed by atoms with Gasteiger partial charge < -0.3 is 10.7 Å². The number of nitrogens with one attached hydrogen (secondary N) is 2. The Labute approximate surface area is 109 Å². The number of hydrazine groups is 1. The zero-order valence-corrected chi connectivity index (χ0v) is 10.1. The van der Waals surface area contributed by atoms with Crippen molar-refractivity contribution in [1.82, 2.24) is 4.98 Å². The van der Waals surface area contributed by atoms with Crippen molar-refractivity contribution < 1.29 is 4.79 Å². The molecule has 0 saturated carbocycles. The first-order chi connectivity index (χ1) is 8.70. The number of pyridine rings is 1. The van der Waals surface area contributed by atoms with Gasteiger partial charge in [-0.3, -0.25) is 15.6 Å². The van der Waals surface area contributed by atoms with E-state index in [1.54, 1.807) is 36.4 Å². The number of nitrogens with zero attached hydrogens (tertiary/aromatic N) is 1. The van der Waals surface area contributed by atoms with Gasteiger partial charge in [0, 0.05) is 6.20 Å². The highest BCUT2D eigenvalue weighted by Gasteiger charge is 2.09. The van der Waals surface area contributed by atoms with Gasteiger partial charge in [-0.25, -0.2) is 0 Å². The molecule has 0 spiro atoms. The molecule has 1 amide bonds. The number of carbonyl (C=O) groups is 1. The minimum absolute atomic E-state index is 0.255. The normalized spacial score (nSPS) is 9.89. The van der Waals surface area contributed by atoms with E-state index in [1.165, 1.54) is 6.20 Å². The van der Waals surface area contributed by atoms with Gasteiger partial charge in [-0.1, -0.05) is 23.7 Å². The maximum Gasteiger partial charge on any atom is 0.274 e. The maximum absolute atomic E-state index is 11.9. The molecule has 18 heavy (non-hydrogen) atoms. The number of anilines is 2. The van der Waals surface area contributed by atoms with E-state index in [-0.39, 0.29) is 11.6 Å². The Morgan fingerprint density at radius 3 is 2.78 bits per heavy atom. The summed E-state index contributed by atoms with van der Waals surface area (Å²) in [5.74, 6) is 4.92. The van der Waals surface area contributed by atoms with Crippen molar-refractivity contribution in [3.05, 3.63) is 53.3 Å². The molecule has 5 nitrogen and oxygen atoms in total. The second-order valence-electron chi connectivity index (χ2n) is 3.51. The van der Waals surface area contributed by atoms with Crippen LogP contribution in [0.2, 0.25) is 5.02 Å². The average molecular weight is 263 g/mol. The number of hydrogen-bond acceptors (Lipinski definition) is 4. The van der Waals surface area contributed by atoms with Crippen LogP contribution in [0.3, 0.4) is 0 Å². The lowest BCUT2D eigenvalue weighted by molar-refractivity contribution is 0.102. The topological polar surface area (TPSA) is 80.0 Å². The Morgan fingerprint density at radius 2 is 2.06 bits per heavy atom. The van der Waals surface area contributed by atoms with Gasteiger partial charge in [0.1, 0.15) is 5.69 Å². The number of hydrogen-bond donors (Lipinski definition) is 3. The number of nitrogen functional groups attached to an aromatic ring is 1. The van der Waals surface area contributed by atoms with Crippen LogP contribution in [0, 0.1) is 0 Å². The van der Waals surface area contributed by atoms with Crippen LogP contribution in [0.25, 0.3) is 0 Å². The van der Waals surface area contributed by atoms with E-state index < -0.39 is 0 Å². The second kappa shape index (κ2) is 5.48. The predicted octanol–water partition coefficient (Wildman–Crippen LogP) is 2.27. The molecule has 92 valence electrons. The summed E-state index contributed by atoms with van der Waals surface area (Å²) in [7, 11) is 0. The van der Waals surface area contributed by atoms with Gasteiger partial charge in [-0.05, 0) is 24.3 Å². The Balaban J connectivity index is 2.19. The number of nitrogens with two attached hydrogens (primary N) is 1. The van der Waals surface area contributed by atoms with Crippen molar-refractivity contribution in [1.29, 1.82) is 0 Å². The summed E-state index contributed by atoms with van der Waals surface area (Å²) in [4.78, 5) is 15.9. The minimum atomic E-state index is -0.347. The van der Waals surface area contributed by atoms with Crippen LogP contribution in [0.4, 0.5) is 11.4 Å². The maximum atomic E-state index is 11.9. The van der Waals surface area contributed by atoms with E-state index in [4.69, 9.17) is 17.4 Å².